The average Bonchev–Trinajstić information content (AvgIpc) is 3.30. The molecule has 0 bridgehead atoms. The number of anilines is 1. The molecular formula is C18H12BrN5O2. The Balaban J connectivity index is 2.04. The third kappa shape index (κ3) is 1.96. The number of hydrogen-bond acceptors (Lipinski definition) is 5. The Morgan fingerprint density at radius 3 is 3.00 bits per heavy atom. The van der Waals surface area contributed by atoms with Crippen molar-refractivity contribution in [3.63, 3.8) is 0 Å². The number of nitrogens with one attached hydrogen (secondary N) is 2. The first-order valence-electron chi connectivity index (χ1n) is 7.91. The van der Waals surface area contributed by atoms with E-state index in [1.165, 1.54) is 0 Å². The van der Waals surface area contributed by atoms with E-state index in [9.17, 15) is 4.79 Å². The molecule has 0 amide bonds. The molecule has 3 heterocycles. The molecule has 2 N–H and O–H groups in total. The van der Waals surface area contributed by atoms with Crippen LogP contribution in [0.2, 0.25) is 0 Å². The van der Waals surface area contributed by atoms with Gasteiger partial charge in [0.25, 0.3) is 0 Å². The quantitative estimate of drug-likeness (QED) is 0.462. The molecule has 0 unspecified atom stereocenters. The zero-order valence-electron chi connectivity index (χ0n) is 13.6. The smallest absolute Gasteiger partial charge is 0.354 e. The number of nitrogens with zero attached hydrogens (tertiary/aromatic N) is 3. The zero-order chi connectivity index (χ0) is 17.8. The minimum Gasteiger partial charge on any atom is -0.463 e. The van der Waals surface area contributed by atoms with Gasteiger partial charge in [-0.25, -0.2) is 4.79 Å². The molecule has 8 heteroatoms. The highest BCUT2D eigenvalue weighted by Crippen LogP contribution is 2.36. The van der Waals surface area contributed by atoms with Gasteiger partial charge in [-0.05, 0) is 40.2 Å². The molecule has 0 spiro atoms. The standard InChI is InChI=1S/C18H12BrN5O2/c1-20-17-15-14(7-11(19)9-5-6-26-16(9)15)24(18(25)22-17)13-4-2-3-12-10(13)8-21-23-12/h2-8H,1H3,(H,21,23)(H,20,22,25). The molecule has 0 radical (unpaired) electrons. The third-order valence-corrected chi connectivity index (χ3v) is 5.14. The Hall–Kier alpha value is -3.13. The maximum Gasteiger partial charge on any atom is 0.354 e. The fourth-order valence-electron chi connectivity index (χ4n) is 3.35. The lowest BCUT2D eigenvalue weighted by Gasteiger charge is -2.14. The van der Waals surface area contributed by atoms with E-state index in [0.29, 0.717) is 22.6 Å². The van der Waals surface area contributed by atoms with Gasteiger partial charge in [0.2, 0.25) is 0 Å². The fourth-order valence-corrected chi connectivity index (χ4v) is 3.88. The van der Waals surface area contributed by atoms with Gasteiger partial charge < -0.3 is 9.73 Å². The SMILES string of the molecule is CNc1nc(=O)n(-c2cccc3[nH]ncc23)c2cc(Br)c3ccoc3c12. The minimum atomic E-state index is -0.381. The van der Waals surface area contributed by atoms with Gasteiger partial charge in [0, 0.05) is 22.3 Å². The number of hydrogen-bond donors (Lipinski definition) is 2. The third-order valence-electron chi connectivity index (χ3n) is 4.49. The number of benzene rings is 2. The number of aromatic nitrogens is 4. The van der Waals surface area contributed by atoms with E-state index < -0.39 is 0 Å². The van der Waals surface area contributed by atoms with Crippen LogP contribution in [0.1, 0.15) is 0 Å². The van der Waals surface area contributed by atoms with Crippen LogP contribution in [0, 0.1) is 0 Å². The molecule has 7 nitrogen and oxygen atoms in total. The number of fused-ring (bicyclic) bond motifs is 4. The lowest BCUT2D eigenvalue weighted by Crippen LogP contribution is -2.23. The largest absolute Gasteiger partial charge is 0.463 e. The molecule has 0 saturated heterocycles. The first-order chi connectivity index (χ1) is 12.7. The Morgan fingerprint density at radius 1 is 1.27 bits per heavy atom. The predicted octanol–water partition coefficient (Wildman–Crippen LogP) is 3.81. The van der Waals surface area contributed by atoms with E-state index in [2.05, 4.69) is 36.4 Å². The molecule has 26 heavy (non-hydrogen) atoms. The van der Waals surface area contributed by atoms with E-state index in [4.69, 9.17) is 4.42 Å². The second-order valence-corrected chi connectivity index (χ2v) is 6.71. The van der Waals surface area contributed by atoms with Gasteiger partial charge in [0.1, 0.15) is 11.4 Å². The van der Waals surface area contributed by atoms with Gasteiger partial charge in [-0.15, -0.1) is 0 Å². The van der Waals surface area contributed by atoms with Crippen molar-refractivity contribution in [2.75, 3.05) is 12.4 Å². The Morgan fingerprint density at radius 2 is 2.15 bits per heavy atom. The number of halogens is 1. The minimum absolute atomic E-state index is 0.381. The van der Waals surface area contributed by atoms with Crippen molar-refractivity contribution >= 4 is 54.5 Å². The summed E-state index contributed by atoms with van der Waals surface area (Å²) in [6.07, 6.45) is 3.33. The highest BCUT2D eigenvalue weighted by Gasteiger charge is 2.19. The fraction of sp³-hybridized carbons (Fsp3) is 0.0556. The van der Waals surface area contributed by atoms with Crippen molar-refractivity contribution in [1.29, 1.82) is 0 Å². The van der Waals surface area contributed by atoms with Crippen molar-refractivity contribution in [2.45, 2.75) is 0 Å². The molecular weight excluding hydrogens is 398 g/mol. The van der Waals surface area contributed by atoms with Crippen LogP contribution in [0.15, 0.2) is 56.5 Å². The van der Waals surface area contributed by atoms with E-state index in [-0.39, 0.29) is 5.69 Å². The van der Waals surface area contributed by atoms with E-state index in [1.807, 2.05) is 30.3 Å². The van der Waals surface area contributed by atoms with Gasteiger partial charge in [-0.2, -0.15) is 10.1 Å². The van der Waals surface area contributed by atoms with E-state index >= 15 is 0 Å². The monoisotopic (exact) mass is 409 g/mol. The molecule has 0 aliphatic rings. The Labute approximate surface area is 154 Å². The average molecular weight is 410 g/mol. The summed E-state index contributed by atoms with van der Waals surface area (Å²) in [5, 5.41) is 12.5. The zero-order valence-corrected chi connectivity index (χ0v) is 15.2. The summed E-state index contributed by atoms with van der Waals surface area (Å²) in [5.41, 5.74) is 2.53. The summed E-state index contributed by atoms with van der Waals surface area (Å²) in [7, 11) is 1.74. The van der Waals surface area contributed by atoms with Crippen LogP contribution in [0.3, 0.4) is 0 Å². The lowest BCUT2D eigenvalue weighted by molar-refractivity contribution is 0.619. The van der Waals surface area contributed by atoms with Crippen molar-refractivity contribution in [2.24, 2.45) is 0 Å². The van der Waals surface area contributed by atoms with Gasteiger partial charge in [0.15, 0.2) is 0 Å². The molecule has 5 aromatic rings. The number of furan rings is 1. The molecule has 0 saturated carbocycles. The highest BCUT2D eigenvalue weighted by atomic mass is 79.9. The highest BCUT2D eigenvalue weighted by molar-refractivity contribution is 9.10. The molecule has 0 fully saturated rings. The maximum atomic E-state index is 12.9. The van der Waals surface area contributed by atoms with Crippen molar-refractivity contribution in [1.82, 2.24) is 19.7 Å². The number of H-pyrrole nitrogens is 1. The maximum absolute atomic E-state index is 12.9. The normalized spacial score (nSPS) is 11.6. The second kappa shape index (κ2) is 5.43. The van der Waals surface area contributed by atoms with Crippen molar-refractivity contribution in [3.8, 4) is 5.69 Å². The number of aromatic amines is 1. The molecule has 0 atom stereocenters. The summed E-state index contributed by atoms with van der Waals surface area (Å²) < 4.78 is 8.14. The van der Waals surface area contributed by atoms with Crippen molar-refractivity contribution in [3.05, 3.63) is 57.7 Å². The molecule has 5 rings (SSSR count). The summed E-state index contributed by atoms with van der Waals surface area (Å²) in [4.78, 5) is 17.1. The molecule has 2 aromatic carbocycles. The van der Waals surface area contributed by atoms with Gasteiger partial charge in [0.05, 0.1) is 34.6 Å². The van der Waals surface area contributed by atoms with Gasteiger partial charge >= 0.3 is 5.69 Å². The Bertz CT molecular complexity index is 1370. The molecule has 3 aromatic heterocycles. The van der Waals surface area contributed by atoms with Crippen LogP contribution in [0.4, 0.5) is 5.82 Å². The van der Waals surface area contributed by atoms with Crippen LogP contribution in [-0.2, 0) is 0 Å². The lowest BCUT2D eigenvalue weighted by atomic mass is 10.1. The van der Waals surface area contributed by atoms with Crippen LogP contribution in [-0.4, -0.2) is 26.8 Å². The topological polar surface area (TPSA) is 88.7 Å². The summed E-state index contributed by atoms with van der Waals surface area (Å²) >= 11 is 3.58. The Kier molecular flexibility index (Phi) is 3.17. The first kappa shape index (κ1) is 15.2. The number of rotatable bonds is 2. The van der Waals surface area contributed by atoms with Gasteiger partial charge in [-0.1, -0.05) is 6.07 Å². The van der Waals surface area contributed by atoms with Crippen LogP contribution < -0.4 is 11.0 Å². The van der Waals surface area contributed by atoms with Crippen LogP contribution >= 0.6 is 15.9 Å². The van der Waals surface area contributed by atoms with E-state index in [1.54, 1.807) is 24.1 Å². The summed E-state index contributed by atoms with van der Waals surface area (Å²) in [5.74, 6) is 0.480. The van der Waals surface area contributed by atoms with Gasteiger partial charge in [-0.3, -0.25) is 9.67 Å². The summed E-state index contributed by atoms with van der Waals surface area (Å²) in [6, 6.07) is 9.45. The van der Waals surface area contributed by atoms with Crippen LogP contribution in [0.5, 0.6) is 0 Å². The molecule has 0 aliphatic heterocycles. The van der Waals surface area contributed by atoms with Crippen LogP contribution in [0.25, 0.3) is 38.5 Å². The predicted molar refractivity (Wildman–Crippen MR) is 104 cm³/mol. The second-order valence-electron chi connectivity index (χ2n) is 5.85. The molecule has 128 valence electrons. The van der Waals surface area contributed by atoms with Crippen molar-refractivity contribution < 1.29 is 4.42 Å². The summed E-state index contributed by atoms with van der Waals surface area (Å²) in [6.45, 7) is 0. The first-order valence-corrected chi connectivity index (χ1v) is 8.71. The van der Waals surface area contributed by atoms with E-state index in [0.717, 1.165) is 26.1 Å². The molecule has 0 aliphatic carbocycles.